The highest BCUT2D eigenvalue weighted by Crippen LogP contribution is 2.24. The van der Waals surface area contributed by atoms with Gasteiger partial charge in [-0.25, -0.2) is 0 Å². The van der Waals surface area contributed by atoms with Crippen LogP contribution in [0.25, 0.3) is 0 Å². The number of rotatable bonds is 4. The van der Waals surface area contributed by atoms with Gasteiger partial charge in [-0.05, 0) is 43.0 Å². The minimum atomic E-state index is 0.515. The molecule has 0 radical (unpaired) electrons. The SMILES string of the molecule is CC(CN1CCCC1CN)c1cccc(Cl)c1. The minimum Gasteiger partial charge on any atom is -0.329 e. The summed E-state index contributed by atoms with van der Waals surface area (Å²) in [6.07, 6.45) is 2.53. The molecule has 2 nitrogen and oxygen atoms in total. The number of hydrogen-bond acceptors (Lipinski definition) is 2. The molecule has 1 saturated heterocycles. The summed E-state index contributed by atoms with van der Waals surface area (Å²) in [7, 11) is 0. The molecule has 1 aromatic rings. The van der Waals surface area contributed by atoms with Gasteiger partial charge in [-0.15, -0.1) is 0 Å². The zero-order valence-corrected chi connectivity index (χ0v) is 11.2. The van der Waals surface area contributed by atoms with Crippen molar-refractivity contribution >= 4 is 11.6 Å². The number of likely N-dealkylation sites (tertiary alicyclic amines) is 1. The molecule has 0 saturated carbocycles. The van der Waals surface area contributed by atoms with E-state index in [9.17, 15) is 0 Å². The first-order valence-corrected chi connectivity index (χ1v) is 6.78. The van der Waals surface area contributed by atoms with E-state index in [1.54, 1.807) is 0 Å². The number of hydrogen-bond donors (Lipinski definition) is 1. The third-order valence-corrected chi connectivity index (χ3v) is 3.93. The smallest absolute Gasteiger partial charge is 0.0408 e. The van der Waals surface area contributed by atoms with Crippen molar-refractivity contribution in [2.75, 3.05) is 19.6 Å². The molecule has 2 atom stereocenters. The molecule has 0 aromatic heterocycles. The number of nitrogens with two attached hydrogens (primary N) is 1. The Hall–Kier alpha value is -0.570. The second-order valence-corrected chi connectivity index (χ2v) is 5.42. The van der Waals surface area contributed by atoms with Crippen molar-refractivity contribution in [3.05, 3.63) is 34.9 Å². The lowest BCUT2D eigenvalue weighted by Crippen LogP contribution is -2.37. The van der Waals surface area contributed by atoms with E-state index in [4.69, 9.17) is 17.3 Å². The van der Waals surface area contributed by atoms with Crippen LogP contribution in [0.1, 0.15) is 31.2 Å². The number of nitrogens with zero attached hydrogens (tertiary/aromatic N) is 1. The summed E-state index contributed by atoms with van der Waals surface area (Å²) >= 11 is 6.03. The van der Waals surface area contributed by atoms with Crippen molar-refractivity contribution in [1.29, 1.82) is 0 Å². The Balaban J connectivity index is 1.99. The van der Waals surface area contributed by atoms with Gasteiger partial charge in [0, 0.05) is 24.2 Å². The van der Waals surface area contributed by atoms with Crippen LogP contribution in [0.2, 0.25) is 5.02 Å². The molecule has 2 N–H and O–H groups in total. The fourth-order valence-electron chi connectivity index (χ4n) is 2.67. The lowest BCUT2D eigenvalue weighted by atomic mass is 10.0. The molecular formula is C14H21ClN2. The summed E-state index contributed by atoms with van der Waals surface area (Å²) < 4.78 is 0. The molecule has 94 valence electrons. The van der Waals surface area contributed by atoms with Gasteiger partial charge in [-0.1, -0.05) is 30.7 Å². The first-order valence-electron chi connectivity index (χ1n) is 6.40. The van der Waals surface area contributed by atoms with Crippen molar-refractivity contribution in [3.8, 4) is 0 Å². The van der Waals surface area contributed by atoms with Gasteiger partial charge in [-0.3, -0.25) is 4.90 Å². The van der Waals surface area contributed by atoms with Crippen LogP contribution in [0.4, 0.5) is 0 Å². The van der Waals surface area contributed by atoms with Crippen LogP contribution >= 0.6 is 11.6 Å². The van der Waals surface area contributed by atoms with Crippen molar-refractivity contribution in [1.82, 2.24) is 4.90 Å². The summed E-state index contributed by atoms with van der Waals surface area (Å²) in [5.41, 5.74) is 7.12. The third kappa shape index (κ3) is 3.21. The Morgan fingerprint density at radius 2 is 2.35 bits per heavy atom. The monoisotopic (exact) mass is 252 g/mol. The Kier molecular flexibility index (Phi) is 4.43. The van der Waals surface area contributed by atoms with Gasteiger partial charge in [0.1, 0.15) is 0 Å². The fraction of sp³-hybridized carbons (Fsp3) is 0.571. The quantitative estimate of drug-likeness (QED) is 0.893. The van der Waals surface area contributed by atoms with E-state index in [1.807, 2.05) is 12.1 Å². The number of halogens is 1. The van der Waals surface area contributed by atoms with E-state index in [1.165, 1.54) is 24.9 Å². The van der Waals surface area contributed by atoms with Gasteiger partial charge in [-0.2, -0.15) is 0 Å². The van der Waals surface area contributed by atoms with Crippen molar-refractivity contribution in [2.45, 2.75) is 31.7 Å². The molecule has 0 aliphatic carbocycles. The van der Waals surface area contributed by atoms with E-state index in [-0.39, 0.29) is 0 Å². The van der Waals surface area contributed by atoms with Gasteiger partial charge in [0.2, 0.25) is 0 Å². The predicted octanol–water partition coefficient (Wildman–Crippen LogP) is 2.87. The van der Waals surface area contributed by atoms with Crippen LogP contribution in [0, 0.1) is 0 Å². The number of benzene rings is 1. The lowest BCUT2D eigenvalue weighted by molar-refractivity contribution is 0.246. The second-order valence-electron chi connectivity index (χ2n) is 4.98. The first kappa shape index (κ1) is 12.9. The maximum atomic E-state index is 6.03. The van der Waals surface area contributed by atoms with Crippen molar-refractivity contribution in [3.63, 3.8) is 0 Å². The van der Waals surface area contributed by atoms with Crippen LogP contribution in [0.15, 0.2) is 24.3 Å². The summed E-state index contributed by atoms with van der Waals surface area (Å²) in [5.74, 6) is 0.515. The fourth-order valence-corrected chi connectivity index (χ4v) is 2.87. The molecule has 1 aliphatic heterocycles. The summed E-state index contributed by atoms with van der Waals surface area (Å²) in [5, 5.41) is 0.825. The summed E-state index contributed by atoms with van der Waals surface area (Å²) in [4.78, 5) is 2.52. The minimum absolute atomic E-state index is 0.515. The zero-order chi connectivity index (χ0) is 12.3. The van der Waals surface area contributed by atoms with Crippen LogP contribution in [0.5, 0.6) is 0 Å². The van der Waals surface area contributed by atoms with Crippen molar-refractivity contribution in [2.24, 2.45) is 5.73 Å². The molecular weight excluding hydrogens is 232 g/mol. The molecule has 3 heteroatoms. The van der Waals surface area contributed by atoms with Crippen LogP contribution < -0.4 is 5.73 Å². The molecule has 2 unspecified atom stereocenters. The Bertz CT molecular complexity index is 367. The topological polar surface area (TPSA) is 29.3 Å². The summed E-state index contributed by atoms with van der Waals surface area (Å²) in [6.45, 7) is 5.31. The molecule has 0 spiro atoms. The van der Waals surface area contributed by atoms with Crippen LogP contribution in [-0.2, 0) is 0 Å². The first-order chi connectivity index (χ1) is 8.20. The normalized spacial score (nSPS) is 22.9. The van der Waals surface area contributed by atoms with Gasteiger partial charge < -0.3 is 5.73 Å². The van der Waals surface area contributed by atoms with E-state index >= 15 is 0 Å². The van der Waals surface area contributed by atoms with E-state index in [0.717, 1.165) is 18.1 Å². The third-order valence-electron chi connectivity index (χ3n) is 3.70. The maximum absolute atomic E-state index is 6.03. The molecule has 0 amide bonds. The Labute approximate surface area is 109 Å². The molecule has 0 bridgehead atoms. The van der Waals surface area contributed by atoms with Crippen LogP contribution in [-0.4, -0.2) is 30.6 Å². The van der Waals surface area contributed by atoms with E-state index in [2.05, 4.69) is 24.0 Å². The summed E-state index contributed by atoms with van der Waals surface area (Å²) in [6, 6.07) is 8.76. The molecule has 1 heterocycles. The zero-order valence-electron chi connectivity index (χ0n) is 10.4. The highest BCUT2D eigenvalue weighted by Gasteiger charge is 2.24. The lowest BCUT2D eigenvalue weighted by Gasteiger charge is -2.26. The largest absolute Gasteiger partial charge is 0.329 e. The van der Waals surface area contributed by atoms with E-state index < -0.39 is 0 Å². The molecule has 1 aliphatic rings. The second kappa shape index (κ2) is 5.85. The van der Waals surface area contributed by atoms with Gasteiger partial charge in [0.15, 0.2) is 0 Å². The van der Waals surface area contributed by atoms with Crippen molar-refractivity contribution < 1.29 is 0 Å². The van der Waals surface area contributed by atoms with Gasteiger partial charge in [0.05, 0.1) is 0 Å². The standard InChI is InChI=1S/C14H21ClN2/c1-11(12-4-2-5-13(15)8-12)10-17-7-3-6-14(17)9-16/h2,4-5,8,11,14H,3,6-7,9-10,16H2,1H3. The van der Waals surface area contributed by atoms with Gasteiger partial charge in [0.25, 0.3) is 0 Å². The Morgan fingerprint density at radius 1 is 1.53 bits per heavy atom. The van der Waals surface area contributed by atoms with Gasteiger partial charge >= 0.3 is 0 Å². The predicted molar refractivity (Wildman–Crippen MR) is 73.5 cm³/mol. The molecule has 1 aromatic carbocycles. The van der Waals surface area contributed by atoms with E-state index in [0.29, 0.717) is 12.0 Å². The highest BCUT2D eigenvalue weighted by atomic mass is 35.5. The molecule has 17 heavy (non-hydrogen) atoms. The average molecular weight is 253 g/mol. The highest BCUT2D eigenvalue weighted by molar-refractivity contribution is 6.30. The molecule has 2 rings (SSSR count). The molecule has 1 fully saturated rings. The average Bonchev–Trinajstić information content (AvgIpc) is 2.76. The maximum Gasteiger partial charge on any atom is 0.0408 e. The Morgan fingerprint density at radius 3 is 3.06 bits per heavy atom. The van der Waals surface area contributed by atoms with Crippen LogP contribution in [0.3, 0.4) is 0 Å².